The molecule has 0 saturated heterocycles. The molecule has 0 fully saturated rings. The molecule has 0 radical (unpaired) electrons. The van der Waals surface area contributed by atoms with E-state index in [0.717, 1.165) is 39.4 Å². The number of benzene rings is 1. The SMILES string of the molecule is Cc1ccc2c(C)c(C(=O)N3CCc4oc(C(C)C)nc4C3)oc2c1. The molecule has 3 heterocycles. The van der Waals surface area contributed by atoms with E-state index >= 15 is 0 Å². The second kappa shape index (κ2) is 5.76. The Morgan fingerprint density at radius 3 is 2.80 bits per heavy atom. The normalized spacial score (nSPS) is 14.4. The molecule has 1 aliphatic rings. The van der Waals surface area contributed by atoms with Crippen LogP contribution >= 0.6 is 0 Å². The topological polar surface area (TPSA) is 59.5 Å². The summed E-state index contributed by atoms with van der Waals surface area (Å²) in [4.78, 5) is 19.4. The molecule has 3 aromatic rings. The molecule has 5 nitrogen and oxygen atoms in total. The number of oxazole rings is 1. The molecule has 0 saturated carbocycles. The predicted octanol–water partition coefficient (Wildman–Crippen LogP) is 4.36. The minimum atomic E-state index is -0.0777. The first kappa shape index (κ1) is 15.9. The van der Waals surface area contributed by atoms with Gasteiger partial charge in [-0.15, -0.1) is 0 Å². The molecule has 0 N–H and O–H groups in total. The van der Waals surface area contributed by atoms with Gasteiger partial charge in [0.1, 0.15) is 17.0 Å². The van der Waals surface area contributed by atoms with Gasteiger partial charge in [-0.1, -0.05) is 26.0 Å². The fourth-order valence-electron chi connectivity index (χ4n) is 3.32. The van der Waals surface area contributed by atoms with E-state index < -0.39 is 0 Å². The first-order valence-electron chi connectivity index (χ1n) is 8.71. The molecule has 0 aliphatic carbocycles. The summed E-state index contributed by atoms with van der Waals surface area (Å²) in [5, 5.41) is 0.996. The summed E-state index contributed by atoms with van der Waals surface area (Å²) in [5.41, 5.74) is 3.65. The third-order valence-electron chi connectivity index (χ3n) is 4.81. The highest BCUT2D eigenvalue weighted by molar-refractivity contribution is 5.99. The Kier molecular flexibility index (Phi) is 3.67. The minimum Gasteiger partial charge on any atom is -0.451 e. The van der Waals surface area contributed by atoms with Crippen LogP contribution in [-0.4, -0.2) is 22.3 Å². The van der Waals surface area contributed by atoms with Crippen LogP contribution in [0.2, 0.25) is 0 Å². The number of furan rings is 1. The minimum absolute atomic E-state index is 0.0777. The molecule has 25 heavy (non-hydrogen) atoms. The number of aryl methyl sites for hydroxylation is 2. The molecule has 1 aliphatic heterocycles. The monoisotopic (exact) mass is 338 g/mol. The zero-order valence-electron chi connectivity index (χ0n) is 15.0. The van der Waals surface area contributed by atoms with E-state index in [9.17, 15) is 4.79 Å². The van der Waals surface area contributed by atoms with Crippen LogP contribution in [0.3, 0.4) is 0 Å². The van der Waals surface area contributed by atoms with Crippen molar-refractivity contribution in [2.75, 3.05) is 6.54 Å². The van der Waals surface area contributed by atoms with Gasteiger partial charge in [0.15, 0.2) is 11.7 Å². The molecule has 0 unspecified atom stereocenters. The third kappa shape index (κ3) is 2.64. The molecule has 5 heteroatoms. The lowest BCUT2D eigenvalue weighted by Gasteiger charge is -2.24. The number of aromatic nitrogens is 1. The van der Waals surface area contributed by atoms with Gasteiger partial charge >= 0.3 is 0 Å². The average Bonchev–Trinajstić information content (AvgIpc) is 3.15. The molecule has 0 atom stereocenters. The second-order valence-electron chi connectivity index (χ2n) is 7.11. The molecule has 130 valence electrons. The molecule has 4 rings (SSSR count). The highest BCUT2D eigenvalue weighted by atomic mass is 16.4. The van der Waals surface area contributed by atoms with Crippen molar-refractivity contribution < 1.29 is 13.6 Å². The van der Waals surface area contributed by atoms with E-state index in [4.69, 9.17) is 8.83 Å². The van der Waals surface area contributed by atoms with E-state index in [2.05, 4.69) is 18.8 Å². The zero-order chi connectivity index (χ0) is 17.7. The van der Waals surface area contributed by atoms with Crippen molar-refractivity contribution in [3.8, 4) is 0 Å². The van der Waals surface area contributed by atoms with Gasteiger partial charge in [0.05, 0.1) is 6.54 Å². The van der Waals surface area contributed by atoms with Crippen LogP contribution in [0.25, 0.3) is 11.0 Å². The van der Waals surface area contributed by atoms with Crippen molar-refractivity contribution >= 4 is 16.9 Å². The molecule has 1 aromatic carbocycles. The standard InChI is InChI=1S/C20H22N2O3/c1-11(2)19-21-15-10-22(8-7-16(15)25-19)20(23)18-13(4)14-6-5-12(3)9-17(14)24-18/h5-6,9,11H,7-8,10H2,1-4H3. The molecule has 1 amide bonds. The lowest BCUT2D eigenvalue weighted by molar-refractivity contribution is 0.0697. The Morgan fingerprint density at radius 2 is 2.04 bits per heavy atom. The fourth-order valence-corrected chi connectivity index (χ4v) is 3.32. The van der Waals surface area contributed by atoms with Gasteiger partial charge in [0.2, 0.25) is 0 Å². The zero-order valence-corrected chi connectivity index (χ0v) is 15.0. The molecular weight excluding hydrogens is 316 g/mol. The number of carbonyl (C=O) groups is 1. The number of carbonyl (C=O) groups excluding carboxylic acids is 1. The first-order chi connectivity index (χ1) is 11.9. The van der Waals surface area contributed by atoms with Gasteiger partial charge in [0, 0.05) is 29.8 Å². The summed E-state index contributed by atoms with van der Waals surface area (Å²) < 4.78 is 11.7. The van der Waals surface area contributed by atoms with E-state index in [-0.39, 0.29) is 11.8 Å². The van der Waals surface area contributed by atoms with Gasteiger partial charge in [-0.25, -0.2) is 4.98 Å². The van der Waals surface area contributed by atoms with Gasteiger partial charge in [0.25, 0.3) is 5.91 Å². The van der Waals surface area contributed by atoms with Crippen molar-refractivity contribution in [1.29, 1.82) is 0 Å². The van der Waals surface area contributed by atoms with E-state index in [1.165, 1.54) is 0 Å². The number of fused-ring (bicyclic) bond motifs is 2. The number of hydrogen-bond donors (Lipinski definition) is 0. The Balaban J connectivity index is 1.64. The quantitative estimate of drug-likeness (QED) is 0.696. The Hall–Kier alpha value is -2.56. The van der Waals surface area contributed by atoms with Crippen molar-refractivity contribution in [2.45, 2.75) is 46.6 Å². The summed E-state index contributed by atoms with van der Waals surface area (Å²) >= 11 is 0. The van der Waals surface area contributed by atoms with Gasteiger partial charge in [-0.2, -0.15) is 0 Å². The van der Waals surface area contributed by atoms with Crippen LogP contribution in [0.15, 0.2) is 27.0 Å². The van der Waals surface area contributed by atoms with Gasteiger partial charge < -0.3 is 13.7 Å². The van der Waals surface area contributed by atoms with Crippen LogP contribution in [0.1, 0.15) is 58.8 Å². The number of hydrogen-bond acceptors (Lipinski definition) is 4. The van der Waals surface area contributed by atoms with Gasteiger partial charge in [-0.05, 0) is 25.5 Å². The fraction of sp³-hybridized carbons (Fsp3) is 0.400. The van der Waals surface area contributed by atoms with E-state index in [1.54, 1.807) is 4.90 Å². The van der Waals surface area contributed by atoms with Crippen LogP contribution < -0.4 is 0 Å². The van der Waals surface area contributed by atoms with E-state index in [1.807, 2.05) is 32.0 Å². The van der Waals surface area contributed by atoms with Crippen molar-refractivity contribution in [3.63, 3.8) is 0 Å². The van der Waals surface area contributed by atoms with Gasteiger partial charge in [-0.3, -0.25) is 4.79 Å². The predicted molar refractivity (Wildman–Crippen MR) is 94.7 cm³/mol. The van der Waals surface area contributed by atoms with Crippen LogP contribution in [0, 0.1) is 13.8 Å². The largest absolute Gasteiger partial charge is 0.451 e. The number of nitrogens with zero attached hydrogens (tertiary/aromatic N) is 2. The molecular formula is C20H22N2O3. The summed E-state index contributed by atoms with van der Waals surface area (Å²) in [7, 11) is 0. The third-order valence-corrected chi connectivity index (χ3v) is 4.81. The van der Waals surface area contributed by atoms with E-state index in [0.29, 0.717) is 25.3 Å². The lowest BCUT2D eigenvalue weighted by Crippen LogP contribution is -2.35. The maximum atomic E-state index is 13.0. The smallest absolute Gasteiger partial charge is 0.290 e. The number of rotatable bonds is 2. The first-order valence-corrected chi connectivity index (χ1v) is 8.71. The molecule has 0 bridgehead atoms. The summed E-state index contributed by atoms with van der Waals surface area (Å²) in [5.74, 6) is 2.25. The van der Waals surface area contributed by atoms with Crippen LogP contribution in [0.5, 0.6) is 0 Å². The maximum absolute atomic E-state index is 13.0. The Labute approximate surface area is 146 Å². The molecule has 0 spiro atoms. The van der Waals surface area contributed by atoms with Crippen LogP contribution in [0.4, 0.5) is 0 Å². The lowest BCUT2D eigenvalue weighted by atomic mass is 10.1. The Bertz CT molecular complexity index is 965. The second-order valence-corrected chi connectivity index (χ2v) is 7.11. The summed E-state index contributed by atoms with van der Waals surface area (Å²) in [6.07, 6.45) is 0.694. The van der Waals surface area contributed by atoms with Crippen molar-refractivity contribution in [2.24, 2.45) is 0 Å². The summed E-state index contributed by atoms with van der Waals surface area (Å²) in [6.45, 7) is 9.16. The highest BCUT2D eigenvalue weighted by Crippen LogP contribution is 2.29. The average molecular weight is 338 g/mol. The van der Waals surface area contributed by atoms with Crippen LogP contribution in [-0.2, 0) is 13.0 Å². The number of amides is 1. The molecule has 2 aromatic heterocycles. The summed E-state index contributed by atoms with van der Waals surface area (Å²) in [6, 6.07) is 6.02. The highest BCUT2D eigenvalue weighted by Gasteiger charge is 2.29. The van der Waals surface area contributed by atoms with Crippen molar-refractivity contribution in [3.05, 3.63) is 52.4 Å². The van der Waals surface area contributed by atoms with Crippen molar-refractivity contribution in [1.82, 2.24) is 9.88 Å². The Morgan fingerprint density at radius 1 is 1.24 bits per heavy atom. The maximum Gasteiger partial charge on any atom is 0.290 e.